The van der Waals surface area contributed by atoms with Crippen LogP contribution in [-0.2, 0) is 16.9 Å². The van der Waals surface area contributed by atoms with Crippen LogP contribution in [0.25, 0.3) is 0 Å². The van der Waals surface area contributed by atoms with Gasteiger partial charge in [-0.3, -0.25) is 0 Å². The van der Waals surface area contributed by atoms with Crippen LogP contribution >= 0.6 is 0 Å². The monoisotopic (exact) mass is 212 g/mol. The fourth-order valence-corrected chi connectivity index (χ4v) is 1.65. The maximum Gasteiger partial charge on any atom is 0.148 e. The van der Waals surface area contributed by atoms with Gasteiger partial charge in [-0.1, -0.05) is 13.8 Å². The minimum absolute atomic E-state index is 0.0603. The first-order valence-electron chi connectivity index (χ1n) is 5.29. The summed E-state index contributed by atoms with van der Waals surface area (Å²) in [6, 6.07) is 0. The number of hydrogen-bond donors (Lipinski definition) is 1. The van der Waals surface area contributed by atoms with Crippen molar-refractivity contribution in [1.29, 1.82) is 0 Å². The minimum Gasteiger partial charge on any atom is -0.381 e. The Balaban J connectivity index is 3.08. The molecule has 1 heterocycles. The van der Waals surface area contributed by atoms with Gasteiger partial charge in [-0.15, -0.1) is 0 Å². The van der Waals surface area contributed by atoms with E-state index in [1.54, 1.807) is 13.3 Å². The number of rotatable bonds is 5. The molecule has 0 bridgehead atoms. The van der Waals surface area contributed by atoms with Crippen LogP contribution in [0.5, 0.6) is 0 Å². The zero-order valence-electron chi connectivity index (χ0n) is 9.90. The van der Waals surface area contributed by atoms with Crippen LogP contribution in [0, 0.1) is 5.92 Å². The molecule has 0 radical (unpaired) electrons. The van der Waals surface area contributed by atoms with E-state index in [-0.39, 0.29) is 12.5 Å². The summed E-state index contributed by atoms with van der Waals surface area (Å²) in [6.45, 7) is 7.02. The predicted octanol–water partition coefficient (Wildman–Crippen LogP) is 1.39. The summed E-state index contributed by atoms with van der Waals surface area (Å²) in [6.07, 6.45) is 3.58. The van der Waals surface area contributed by atoms with Crippen molar-refractivity contribution in [3.63, 3.8) is 0 Å². The summed E-state index contributed by atoms with van der Waals surface area (Å²) in [5.41, 5.74) is -1.01. The Morgan fingerprint density at radius 2 is 2.27 bits per heavy atom. The first kappa shape index (κ1) is 12.2. The van der Waals surface area contributed by atoms with Gasteiger partial charge in [0.25, 0.3) is 0 Å². The Bertz CT molecular complexity index is 309. The normalized spacial score (nSPS) is 15.6. The van der Waals surface area contributed by atoms with Gasteiger partial charge in [0.1, 0.15) is 11.4 Å². The van der Waals surface area contributed by atoms with Gasteiger partial charge in [0.15, 0.2) is 0 Å². The van der Waals surface area contributed by atoms with Gasteiger partial charge >= 0.3 is 0 Å². The number of imidazole rings is 1. The molecule has 4 nitrogen and oxygen atoms in total. The summed E-state index contributed by atoms with van der Waals surface area (Å²) >= 11 is 0. The van der Waals surface area contributed by atoms with E-state index in [1.807, 2.05) is 31.5 Å². The fourth-order valence-electron chi connectivity index (χ4n) is 1.65. The highest BCUT2D eigenvalue weighted by Crippen LogP contribution is 2.28. The molecule has 4 heteroatoms. The lowest BCUT2D eigenvalue weighted by Crippen LogP contribution is -2.39. The maximum absolute atomic E-state index is 10.6. The Hall–Kier alpha value is -0.870. The van der Waals surface area contributed by atoms with Crippen molar-refractivity contribution in [3.05, 3.63) is 18.2 Å². The van der Waals surface area contributed by atoms with Crippen LogP contribution in [-0.4, -0.2) is 28.4 Å². The van der Waals surface area contributed by atoms with Crippen molar-refractivity contribution in [1.82, 2.24) is 9.55 Å². The molecule has 1 rings (SSSR count). The van der Waals surface area contributed by atoms with E-state index in [1.165, 1.54) is 0 Å². The van der Waals surface area contributed by atoms with E-state index in [0.717, 1.165) is 6.54 Å². The molecule has 1 aromatic heterocycles. The summed E-state index contributed by atoms with van der Waals surface area (Å²) in [7, 11) is 1.59. The maximum atomic E-state index is 10.6. The molecule has 0 saturated heterocycles. The van der Waals surface area contributed by atoms with Gasteiger partial charge in [-0.05, 0) is 12.8 Å². The molecule has 1 atom stereocenters. The number of aromatic nitrogens is 2. The molecule has 0 spiro atoms. The average Bonchev–Trinajstić information content (AvgIpc) is 2.65. The standard InChI is InChI=1S/C11H20N2O2/c1-5-13-7-6-12-10(13)11(14,8-15-4)9(2)3/h6-7,9,14H,5,8H2,1-4H3. The molecule has 0 aliphatic carbocycles. The lowest BCUT2D eigenvalue weighted by atomic mass is 9.90. The molecule has 0 aliphatic heterocycles. The summed E-state index contributed by atoms with van der Waals surface area (Å²) in [5, 5.41) is 10.6. The number of aliphatic hydroxyl groups is 1. The second-order valence-electron chi connectivity index (χ2n) is 4.05. The Kier molecular flexibility index (Phi) is 3.88. The number of hydrogen-bond acceptors (Lipinski definition) is 3. The zero-order valence-corrected chi connectivity index (χ0v) is 9.90. The summed E-state index contributed by atoms with van der Waals surface area (Å²) in [4.78, 5) is 4.23. The van der Waals surface area contributed by atoms with Crippen molar-refractivity contribution in [2.24, 2.45) is 5.92 Å². The van der Waals surface area contributed by atoms with Crippen LogP contribution in [0.15, 0.2) is 12.4 Å². The SMILES string of the molecule is CCn1ccnc1C(O)(COC)C(C)C. The highest BCUT2D eigenvalue weighted by atomic mass is 16.5. The van der Waals surface area contributed by atoms with E-state index in [2.05, 4.69) is 4.98 Å². The number of ether oxygens (including phenoxy) is 1. The van der Waals surface area contributed by atoms with Crippen LogP contribution in [0.3, 0.4) is 0 Å². The molecule has 0 fully saturated rings. The molecule has 15 heavy (non-hydrogen) atoms. The molecule has 0 amide bonds. The summed E-state index contributed by atoms with van der Waals surface area (Å²) < 4.78 is 7.03. The Labute approximate surface area is 90.9 Å². The van der Waals surface area contributed by atoms with Gasteiger partial charge in [0, 0.05) is 26.0 Å². The van der Waals surface area contributed by atoms with Crippen LogP contribution < -0.4 is 0 Å². The fraction of sp³-hybridized carbons (Fsp3) is 0.727. The van der Waals surface area contributed by atoms with Gasteiger partial charge in [0.2, 0.25) is 0 Å². The van der Waals surface area contributed by atoms with Crippen molar-refractivity contribution in [2.75, 3.05) is 13.7 Å². The van der Waals surface area contributed by atoms with Crippen molar-refractivity contribution >= 4 is 0 Å². The molecule has 1 N–H and O–H groups in total. The van der Waals surface area contributed by atoms with E-state index >= 15 is 0 Å². The molecular formula is C11H20N2O2. The van der Waals surface area contributed by atoms with Gasteiger partial charge < -0.3 is 14.4 Å². The third kappa shape index (κ3) is 2.21. The third-order valence-electron chi connectivity index (χ3n) is 2.76. The van der Waals surface area contributed by atoms with Crippen LogP contribution in [0.1, 0.15) is 26.6 Å². The van der Waals surface area contributed by atoms with Gasteiger partial charge in [-0.2, -0.15) is 0 Å². The molecule has 1 unspecified atom stereocenters. The van der Waals surface area contributed by atoms with E-state index < -0.39 is 5.60 Å². The second-order valence-corrected chi connectivity index (χ2v) is 4.05. The van der Waals surface area contributed by atoms with Crippen molar-refractivity contribution in [3.8, 4) is 0 Å². The van der Waals surface area contributed by atoms with E-state index in [4.69, 9.17) is 4.74 Å². The topological polar surface area (TPSA) is 47.3 Å². The number of nitrogens with zero attached hydrogens (tertiary/aromatic N) is 2. The lowest BCUT2D eigenvalue weighted by molar-refractivity contribution is -0.0785. The first-order chi connectivity index (χ1) is 7.06. The summed E-state index contributed by atoms with van der Waals surface area (Å²) in [5.74, 6) is 0.743. The van der Waals surface area contributed by atoms with Crippen molar-refractivity contribution < 1.29 is 9.84 Å². The van der Waals surface area contributed by atoms with Gasteiger partial charge in [0.05, 0.1) is 6.61 Å². The van der Waals surface area contributed by atoms with E-state index in [0.29, 0.717) is 5.82 Å². The highest BCUT2D eigenvalue weighted by Gasteiger charge is 2.37. The highest BCUT2D eigenvalue weighted by molar-refractivity contribution is 5.06. The molecule has 86 valence electrons. The number of aryl methyl sites for hydroxylation is 1. The van der Waals surface area contributed by atoms with E-state index in [9.17, 15) is 5.11 Å². The quantitative estimate of drug-likeness (QED) is 0.802. The molecule has 0 saturated carbocycles. The van der Waals surface area contributed by atoms with Crippen molar-refractivity contribution in [2.45, 2.75) is 32.9 Å². The second kappa shape index (κ2) is 4.77. The molecule has 0 aliphatic rings. The average molecular weight is 212 g/mol. The molecule has 0 aromatic carbocycles. The zero-order chi connectivity index (χ0) is 11.5. The first-order valence-corrected chi connectivity index (χ1v) is 5.29. The molecular weight excluding hydrogens is 192 g/mol. The third-order valence-corrected chi connectivity index (χ3v) is 2.76. The van der Waals surface area contributed by atoms with Crippen LogP contribution in [0.2, 0.25) is 0 Å². The minimum atomic E-state index is -1.01. The smallest absolute Gasteiger partial charge is 0.148 e. The van der Waals surface area contributed by atoms with Gasteiger partial charge in [-0.25, -0.2) is 4.98 Å². The Morgan fingerprint density at radius 1 is 1.60 bits per heavy atom. The lowest BCUT2D eigenvalue weighted by Gasteiger charge is -2.31. The van der Waals surface area contributed by atoms with Crippen LogP contribution in [0.4, 0.5) is 0 Å². The number of methoxy groups -OCH3 is 1. The molecule has 1 aromatic rings. The predicted molar refractivity (Wildman–Crippen MR) is 58.5 cm³/mol. The largest absolute Gasteiger partial charge is 0.381 e. The Morgan fingerprint density at radius 3 is 2.73 bits per heavy atom.